The summed E-state index contributed by atoms with van der Waals surface area (Å²) in [6.45, 7) is 4.74. The second-order valence-corrected chi connectivity index (χ2v) is 9.09. The highest BCUT2D eigenvalue weighted by Gasteiger charge is 2.23. The lowest BCUT2D eigenvalue weighted by atomic mass is 10.1. The van der Waals surface area contributed by atoms with Crippen LogP contribution in [0.5, 0.6) is 0 Å². The van der Waals surface area contributed by atoms with Crippen molar-refractivity contribution in [3.8, 4) is 0 Å². The lowest BCUT2D eigenvalue weighted by Crippen LogP contribution is -2.27. The van der Waals surface area contributed by atoms with E-state index in [1.807, 2.05) is 18.4 Å². The summed E-state index contributed by atoms with van der Waals surface area (Å²) in [7, 11) is -2.14. The Labute approximate surface area is 186 Å². The SMILES string of the molecule is CCn1c(C)nc2cc(NS(=O)(=O)c3ccccc3)cc(C(=O)N(C)Cc3ncc[nH]3)c21. The second-order valence-electron chi connectivity index (χ2n) is 7.41. The monoisotopic (exact) mass is 452 g/mol. The Morgan fingerprint density at radius 1 is 1.22 bits per heavy atom. The number of sulfonamides is 1. The van der Waals surface area contributed by atoms with E-state index in [-0.39, 0.29) is 23.0 Å². The Kier molecular flexibility index (Phi) is 5.70. The summed E-state index contributed by atoms with van der Waals surface area (Å²) >= 11 is 0. The van der Waals surface area contributed by atoms with E-state index < -0.39 is 10.0 Å². The van der Waals surface area contributed by atoms with Gasteiger partial charge in [0.15, 0.2) is 0 Å². The molecule has 0 aliphatic carbocycles. The van der Waals surface area contributed by atoms with Crippen LogP contribution in [0.3, 0.4) is 0 Å². The van der Waals surface area contributed by atoms with Crippen molar-refractivity contribution in [3.63, 3.8) is 0 Å². The quantitative estimate of drug-likeness (QED) is 0.447. The minimum Gasteiger partial charge on any atom is -0.347 e. The minimum absolute atomic E-state index is 0.137. The third-order valence-corrected chi connectivity index (χ3v) is 6.57. The molecule has 9 nitrogen and oxygen atoms in total. The molecule has 0 fully saturated rings. The molecule has 0 aliphatic rings. The number of hydrogen-bond donors (Lipinski definition) is 2. The highest BCUT2D eigenvalue weighted by atomic mass is 32.2. The first-order valence-electron chi connectivity index (χ1n) is 10.1. The highest BCUT2D eigenvalue weighted by Crippen LogP contribution is 2.28. The van der Waals surface area contributed by atoms with E-state index in [0.29, 0.717) is 29.0 Å². The summed E-state index contributed by atoms with van der Waals surface area (Å²) in [5.41, 5.74) is 1.86. The van der Waals surface area contributed by atoms with Crippen LogP contribution in [0, 0.1) is 6.92 Å². The number of fused-ring (bicyclic) bond motifs is 1. The van der Waals surface area contributed by atoms with E-state index in [4.69, 9.17) is 0 Å². The predicted molar refractivity (Wildman–Crippen MR) is 122 cm³/mol. The van der Waals surface area contributed by atoms with Gasteiger partial charge in [0, 0.05) is 26.0 Å². The summed E-state index contributed by atoms with van der Waals surface area (Å²) in [6.07, 6.45) is 3.32. The molecule has 4 aromatic rings. The van der Waals surface area contributed by atoms with Crippen LogP contribution >= 0.6 is 0 Å². The number of aromatic amines is 1. The number of rotatable bonds is 7. The fourth-order valence-corrected chi connectivity index (χ4v) is 4.76. The van der Waals surface area contributed by atoms with Crippen LogP contribution in [0.4, 0.5) is 5.69 Å². The van der Waals surface area contributed by atoms with E-state index in [1.54, 1.807) is 49.8 Å². The van der Waals surface area contributed by atoms with Crippen molar-refractivity contribution in [3.05, 3.63) is 72.1 Å². The van der Waals surface area contributed by atoms with Crippen molar-refractivity contribution in [2.45, 2.75) is 31.8 Å². The Morgan fingerprint density at radius 3 is 2.62 bits per heavy atom. The first kappa shape index (κ1) is 21.6. The molecule has 166 valence electrons. The average molecular weight is 453 g/mol. The molecule has 0 radical (unpaired) electrons. The molecule has 0 aliphatic heterocycles. The maximum atomic E-state index is 13.4. The van der Waals surface area contributed by atoms with Crippen molar-refractivity contribution in [1.82, 2.24) is 24.4 Å². The van der Waals surface area contributed by atoms with E-state index >= 15 is 0 Å². The average Bonchev–Trinajstić information content (AvgIpc) is 3.39. The number of anilines is 1. The van der Waals surface area contributed by atoms with Gasteiger partial charge in [0.1, 0.15) is 11.6 Å². The van der Waals surface area contributed by atoms with Crippen LogP contribution in [0.25, 0.3) is 11.0 Å². The number of hydrogen-bond acceptors (Lipinski definition) is 5. The number of benzene rings is 2. The molecule has 0 bridgehead atoms. The minimum atomic E-state index is -3.82. The molecular weight excluding hydrogens is 428 g/mol. The number of imidazole rings is 2. The maximum Gasteiger partial charge on any atom is 0.261 e. The number of nitrogens with one attached hydrogen (secondary N) is 2. The molecule has 0 atom stereocenters. The van der Waals surface area contributed by atoms with Crippen molar-refractivity contribution in [2.75, 3.05) is 11.8 Å². The molecule has 4 rings (SSSR count). The molecule has 2 N–H and O–H groups in total. The second kappa shape index (κ2) is 8.46. The summed E-state index contributed by atoms with van der Waals surface area (Å²) in [5, 5.41) is 0. The summed E-state index contributed by atoms with van der Waals surface area (Å²) in [5.74, 6) is 1.13. The Hall–Kier alpha value is -3.66. The zero-order chi connectivity index (χ0) is 22.9. The number of aryl methyl sites for hydroxylation is 2. The summed E-state index contributed by atoms with van der Waals surface area (Å²) < 4.78 is 30.2. The van der Waals surface area contributed by atoms with Crippen LogP contribution < -0.4 is 4.72 Å². The van der Waals surface area contributed by atoms with E-state index in [9.17, 15) is 13.2 Å². The lowest BCUT2D eigenvalue weighted by Gasteiger charge is -2.18. The van der Waals surface area contributed by atoms with Gasteiger partial charge in [-0.25, -0.2) is 18.4 Å². The first-order valence-corrected chi connectivity index (χ1v) is 11.6. The molecule has 2 heterocycles. The van der Waals surface area contributed by atoms with Crippen molar-refractivity contribution in [2.24, 2.45) is 0 Å². The fraction of sp³-hybridized carbons (Fsp3) is 0.227. The molecule has 1 amide bonds. The Balaban J connectivity index is 1.78. The standard InChI is InChI=1S/C22H24N6O3S/c1-4-28-15(2)25-19-13-16(26-32(30,31)17-8-6-5-7-9-17)12-18(21(19)28)22(29)27(3)14-20-23-10-11-24-20/h5-13,26H,4,14H2,1-3H3,(H,23,24). The number of carbonyl (C=O) groups excluding carboxylic acids is 1. The Bertz CT molecular complexity index is 1360. The smallest absolute Gasteiger partial charge is 0.261 e. The van der Waals surface area contributed by atoms with Crippen LogP contribution in [-0.4, -0.2) is 45.8 Å². The van der Waals surface area contributed by atoms with Crippen LogP contribution in [0.1, 0.15) is 28.9 Å². The normalized spacial score (nSPS) is 11.6. The first-order chi connectivity index (χ1) is 15.3. The molecule has 0 saturated carbocycles. The van der Waals surface area contributed by atoms with Crippen molar-refractivity contribution < 1.29 is 13.2 Å². The molecule has 0 saturated heterocycles. The molecule has 2 aromatic heterocycles. The molecule has 0 spiro atoms. The van der Waals surface area contributed by atoms with Gasteiger partial charge in [-0.2, -0.15) is 0 Å². The zero-order valence-corrected chi connectivity index (χ0v) is 18.8. The largest absolute Gasteiger partial charge is 0.347 e. The van der Waals surface area contributed by atoms with Gasteiger partial charge in [0.25, 0.3) is 15.9 Å². The Morgan fingerprint density at radius 2 is 1.97 bits per heavy atom. The number of aromatic nitrogens is 4. The predicted octanol–water partition coefficient (Wildman–Crippen LogP) is 3.16. The van der Waals surface area contributed by atoms with Gasteiger partial charge in [0.2, 0.25) is 0 Å². The van der Waals surface area contributed by atoms with Gasteiger partial charge in [-0.3, -0.25) is 9.52 Å². The van der Waals surface area contributed by atoms with Crippen molar-refractivity contribution >= 4 is 32.7 Å². The summed E-state index contributed by atoms with van der Waals surface area (Å²) in [6, 6.07) is 11.3. The van der Waals surface area contributed by atoms with Crippen LogP contribution in [0.15, 0.2) is 59.8 Å². The van der Waals surface area contributed by atoms with Crippen LogP contribution in [0.2, 0.25) is 0 Å². The van der Waals surface area contributed by atoms with E-state index in [0.717, 1.165) is 5.82 Å². The van der Waals surface area contributed by atoms with Gasteiger partial charge in [-0.15, -0.1) is 0 Å². The van der Waals surface area contributed by atoms with E-state index in [2.05, 4.69) is 19.7 Å². The maximum absolute atomic E-state index is 13.4. The fourth-order valence-electron chi connectivity index (χ4n) is 3.69. The molecule has 32 heavy (non-hydrogen) atoms. The van der Waals surface area contributed by atoms with Gasteiger partial charge in [-0.05, 0) is 38.1 Å². The molecule has 2 aromatic carbocycles. The van der Waals surface area contributed by atoms with Gasteiger partial charge in [0.05, 0.1) is 33.7 Å². The van der Waals surface area contributed by atoms with Gasteiger partial charge >= 0.3 is 0 Å². The van der Waals surface area contributed by atoms with Crippen LogP contribution in [-0.2, 0) is 23.1 Å². The number of amides is 1. The number of H-pyrrole nitrogens is 1. The zero-order valence-electron chi connectivity index (χ0n) is 18.0. The third-order valence-electron chi connectivity index (χ3n) is 5.17. The number of nitrogens with zero attached hydrogens (tertiary/aromatic N) is 4. The van der Waals surface area contributed by atoms with E-state index in [1.165, 1.54) is 17.0 Å². The topological polar surface area (TPSA) is 113 Å². The number of carbonyl (C=O) groups is 1. The highest BCUT2D eigenvalue weighted by molar-refractivity contribution is 7.92. The molecule has 10 heteroatoms. The van der Waals surface area contributed by atoms with Crippen molar-refractivity contribution in [1.29, 1.82) is 0 Å². The molecular formula is C22H24N6O3S. The lowest BCUT2D eigenvalue weighted by molar-refractivity contribution is 0.0783. The molecule has 0 unspecified atom stereocenters. The van der Waals surface area contributed by atoms with Gasteiger partial charge < -0.3 is 14.5 Å². The van der Waals surface area contributed by atoms with Gasteiger partial charge in [-0.1, -0.05) is 18.2 Å². The summed E-state index contributed by atoms with van der Waals surface area (Å²) in [4.78, 5) is 26.8. The third kappa shape index (κ3) is 4.09.